The minimum atomic E-state index is -0.382. The van der Waals surface area contributed by atoms with Crippen LogP contribution < -0.4 is 14.8 Å². The zero-order chi connectivity index (χ0) is 18.0. The molecule has 0 saturated carbocycles. The number of methoxy groups -OCH3 is 3. The molecule has 130 valence electrons. The van der Waals surface area contributed by atoms with E-state index >= 15 is 0 Å². The SMILES string of the molecule is COC(=O)c1ccc(CC2C(=O)Nc3cc(OC)c(OC)cc32)cc1. The van der Waals surface area contributed by atoms with Crippen LogP contribution in [0.2, 0.25) is 0 Å². The standard InChI is InChI=1S/C19H19NO5/c1-23-16-9-13-14(18(21)20-15(13)10-17(16)24-2)8-11-4-6-12(7-5-11)19(22)25-3/h4-7,9-10,14H,8H2,1-3H3,(H,20,21). The Morgan fingerprint density at radius 1 is 1.04 bits per heavy atom. The van der Waals surface area contributed by atoms with E-state index in [1.165, 1.54) is 7.11 Å². The van der Waals surface area contributed by atoms with E-state index in [4.69, 9.17) is 14.2 Å². The summed E-state index contributed by atoms with van der Waals surface area (Å²) in [5, 5.41) is 2.88. The molecule has 2 aromatic rings. The van der Waals surface area contributed by atoms with Gasteiger partial charge in [-0.1, -0.05) is 12.1 Å². The topological polar surface area (TPSA) is 73.9 Å². The molecule has 0 aromatic heterocycles. The van der Waals surface area contributed by atoms with Gasteiger partial charge in [0, 0.05) is 11.8 Å². The molecule has 25 heavy (non-hydrogen) atoms. The highest BCUT2D eigenvalue weighted by Crippen LogP contribution is 2.42. The zero-order valence-electron chi connectivity index (χ0n) is 14.3. The van der Waals surface area contributed by atoms with Gasteiger partial charge in [0.25, 0.3) is 0 Å². The number of hydrogen-bond donors (Lipinski definition) is 1. The van der Waals surface area contributed by atoms with Crippen molar-refractivity contribution >= 4 is 17.6 Å². The van der Waals surface area contributed by atoms with Gasteiger partial charge in [0.15, 0.2) is 11.5 Å². The molecule has 1 N–H and O–H groups in total. The summed E-state index contributed by atoms with van der Waals surface area (Å²) in [6.45, 7) is 0. The van der Waals surface area contributed by atoms with E-state index in [0.29, 0.717) is 23.5 Å². The minimum Gasteiger partial charge on any atom is -0.493 e. The van der Waals surface area contributed by atoms with Crippen LogP contribution in [0.15, 0.2) is 36.4 Å². The van der Waals surface area contributed by atoms with E-state index in [-0.39, 0.29) is 17.8 Å². The van der Waals surface area contributed by atoms with Gasteiger partial charge in [-0.25, -0.2) is 4.79 Å². The molecule has 6 heteroatoms. The van der Waals surface area contributed by atoms with Crippen molar-refractivity contribution in [3.8, 4) is 11.5 Å². The Hall–Kier alpha value is -3.02. The summed E-state index contributed by atoms with van der Waals surface area (Å²) in [4.78, 5) is 23.9. The Balaban J connectivity index is 1.87. The molecule has 0 bridgehead atoms. The Bertz CT molecular complexity index is 813. The van der Waals surface area contributed by atoms with Crippen LogP contribution in [0.4, 0.5) is 5.69 Å². The molecule has 0 fully saturated rings. The number of nitrogens with one attached hydrogen (secondary N) is 1. The van der Waals surface area contributed by atoms with Crippen molar-refractivity contribution in [3.63, 3.8) is 0 Å². The first-order chi connectivity index (χ1) is 12.1. The maximum absolute atomic E-state index is 12.4. The average molecular weight is 341 g/mol. The third kappa shape index (κ3) is 3.15. The van der Waals surface area contributed by atoms with Gasteiger partial charge in [0.05, 0.1) is 32.8 Å². The van der Waals surface area contributed by atoms with Gasteiger partial charge >= 0.3 is 5.97 Å². The van der Waals surface area contributed by atoms with Crippen LogP contribution in [0, 0.1) is 0 Å². The van der Waals surface area contributed by atoms with Crippen LogP contribution in [0.25, 0.3) is 0 Å². The lowest BCUT2D eigenvalue weighted by molar-refractivity contribution is -0.117. The molecule has 1 heterocycles. The number of amides is 1. The first kappa shape index (κ1) is 16.8. The highest BCUT2D eigenvalue weighted by atomic mass is 16.5. The maximum atomic E-state index is 12.4. The van der Waals surface area contributed by atoms with E-state index in [9.17, 15) is 9.59 Å². The van der Waals surface area contributed by atoms with Crippen molar-refractivity contribution in [3.05, 3.63) is 53.1 Å². The van der Waals surface area contributed by atoms with Gasteiger partial charge in [-0.15, -0.1) is 0 Å². The first-order valence-corrected chi connectivity index (χ1v) is 7.81. The Morgan fingerprint density at radius 2 is 1.68 bits per heavy atom. The van der Waals surface area contributed by atoms with Crippen LogP contribution in [-0.2, 0) is 16.0 Å². The van der Waals surface area contributed by atoms with E-state index in [1.54, 1.807) is 32.4 Å². The number of fused-ring (bicyclic) bond motifs is 1. The van der Waals surface area contributed by atoms with E-state index in [0.717, 1.165) is 16.8 Å². The largest absolute Gasteiger partial charge is 0.493 e. The van der Waals surface area contributed by atoms with Crippen molar-refractivity contribution in [1.82, 2.24) is 0 Å². The second-order valence-corrected chi connectivity index (χ2v) is 5.73. The molecule has 3 rings (SSSR count). The molecule has 1 atom stereocenters. The van der Waals surface area contributed by atoms with Gasteiger partial charge in [-0.2, -0.15) is 0 Å². The van der Waals surface area contributed by atoms with Crippen molar-refractivity contribution in [2.45, 2.75) is 12.3 Å². The smallest absolute Gasteiger partial charge is 0.337 e. The predicted molar refractivity (Wildman–Crippen MR) is 92.4 cm³/mol. The lowest BCUT2D eigenvalue weighted by Gasteiger charge is -2.12. The predicted octanol–water partition coefficient (Wildman–Crippen LogP) is 2.77. The molecule has 2 aromatic carbocycles. The highest BCUT2D eigenvalue weighted by molar-refractivity contribution is 6.03. The van der Waals surface area contributed by atoms with E-state index in [2.05, 4.69) is 5.32 Å². The molecule has 1 amide bonds. The second-order valence-electron chi connectivity index (χ2n) is 5.73. The second kappa shape index (κ2) is 6.84. The summed E-state index contributed by atoms with van der Waals surface area (Å²) < 4.78 is 15.3. The first-order valence-electron chi connectivity index (χ1n) is 7.81. The number of hydrogen-bond acceptors (Lipinski definition) is 5. The molecular formula is C19H19NO5. The summed E-state index contributed by atoms with van der Waals surface area (Å²) in [5.74, 6) is 0.391. The number of rotatable bonds is 5. The lowest BCUT2D eigenvalue weighted by atomic mass is 9.92. The van der Waals surface area contributed by atoms with Gasteiger partial charge in [0.1, 0.15) is 0 Å². The van der Waals surface area contributed by atoms with Crippen LogP contribution >= 0.6 is 0 Å². The van der Waals surface area contributed by atoms with Crippen molar-refractivity contribution in [2.75, 3.05) is 26.6 Å². The van der Waals surface area contributed by atoms with Crippen LogP contribution in [-0.4, -0.2) is 33.2 Å². The van der Waals surface area contributed by atoms with Gasteiger partial charge in [-0.05, 0) is 35.7 Å². The van der Waals surface area contributed by atoms with Crippen molar-refractivity contribution in [2.24, 2.45) is 0 Å². The number of esters is 1. The van der Waals surface area contributed by atoms with Crippen molar-refractivity contribution in [1.29, 1.82) is 0 Å². The normalized spacial score (nSPS) is 15.3. The molecule has 1 aliphatic rings. The zero-order valence-corrected chi connectivity index (χ0v) is 14.3. The minimum absolute atomic E-state index is 0.0673. The Labute approximate surface area is 145 Å². The summed E-state index contributed by atoms with van der Waals surface area (Å²) in [6.07, 6.45) is 0.524. The number of carbonyl (C=O) groups is 2. The van der Waals surface area contributed by atoms with Crippen molar-refractivity contribution < 1.29 is 23.8 Å². The summed E-state index contributed by atoms with van der Waals surface area (Å²) in [6, 6.07) is 10.7. The average Bonchev–Trinajstić information content (AvgIpc) is 2.94. The fourth-order valence-corrected chi connectivity index (χ4v) is 2.99. The molecule has 0 spiro atoms. The third-order valence-electron chi connectivity index (χ3n) is 4.32. The molecular weight excluding hydrogens is 322 g/mol. The van der Waals surface area contributed by atoms with Gasteiger partial charge < -0.3 is 19.5 Å². The number of carbonyl (C=O) groups excluding carboxylic acids is 2. The molecule has 1 aliphatic heterocycles. The molecule has 0 saturated heterocycles. The third-order valence-corrected chi connectivity index (χ3v) is 4.32. The van der Waals surface area contributed by atoms with Gasteiger partial charge in [0.2, 0.25) is 5.91 Å². The molecule has 0 radical (unpaired) electrons. The summed E-state index contributed by atoms with van der Waals surface area (Å²) in [7, 11) is 4.47. The Kier molecular flexibility index (Phi) is 4.61. The monoisotopic (exact) mass is 341 g/mol. The Morgan fingerprint density at radius 3 is 2.28 bits per heavy atom. The van der Waals surface area contributed by atoms with Crippen LogP contribution in [0.1, 0.15) is 27.4 Å². The maximum Gasteiger partial charge on any atom is 0.337 e. The van der Waals surface area contributed by atoms with Gasteiger partial charge in [-0.3, -0.25) is 4.79 Å². The molecule has 6 nitrogen and oxygen atoms in total. The fraction of sp³-hybridized carbons (Fsp3) is 0.263. The summed E-state index contributed by atoms with van der Waals surface area (Å²) in [5.41, 5.74) is 3.04. The highest BCUT2D eigenvalue weighted by Gasteiger charge is 2.32. The number of benzene rings is 2. The molecule has 1 unspecified atom stereocenters. The number of ether oxygens (including phenoxy) is 3. The lowest BCUT2D eigenvalue weighted by Crippen LogP contribution is -2.14. The quantitative estimate of drug-likeness (QED) is 0.847. The fourth-order valence-electron chi connectivity index (χ4n) is 2.99. The molecule has 0 aliphatic carbocycles. The van der Waals surface area contributed by atoms with E-state index < -0.39 is 0 Å². The van der Waals surface area contributed by atoms with Crippen LogP contribution in [0.5, 0.6) is 11.5 Å². The van der Waals surface area contributed by atoms with E-state index in [1.807, 2.05) is 18.2 Å². The van der Waals surface area contributed by atoms with Crippen LogP contribution in [0.3, 0.4) is 0 Å². The summed E-state index contributed by atoms with van der Waals surface area (Å²) >= 11 is 0. The number of anilines is 1.